The van der Waals surface area contributed by atoms with E-state index >= 15 is 0 Å². The highest BCUT2D eigenvalue weighted by molar-refractivity contribution is 7.99. The topological polar surface area (TPSA) is 12.0 Å². The summed E-state index contributed by atoms with van der Waals surface area (Å²) in [4.78, 5) is 0. The zero-order chi connectivity index (χ0) is 7.68. The lowest BCUT2D eigenvalue weighted by Gasteiger charge is -2.23. The second-order valence-electron chi connectivity index (χ2n) is 2.75. The monoisotopic (exact) mass is 165 g/mol. The Hall–Kier alpha value is -0.630. The summed E-state index contributed by atoms with van der Waals surface area (Å²) in [7, 11) is 0. The Balaban J connectivity index is 2.34. The first-order valence-electron chi connectivity index (χ1n) is 3.82. The first kappa shape index (κ1) is 7.04. The second-order valence-corrected chi connectivity index (χ2v) is 4.08. The Morgan fingerprint density at radius 2 is 2.27 bits per heavy atom. The van der Waals surface area contributed by atoms with Crippen LogP contribution in [0.25, 0.3) is 0 Å². The molecule has 1 aliphatic heterocycles. The van der Waals surface area contributed by atoms with Crippen molar-refractivity contribution in [2.45, 2.75) is 18.1 Å². The SMILES string of the molecule is CC1Nc2ccccc2CS1. The van der Waals surface area contributed by atoms with Gasteiger partial charge in [0.25, 0.3) is 0 Å². The highest BCUT2D eigenvalue weighted by Crippen LogP contribution is 2.30. The number of benzene rings is 1. The van der Waals surface area contributed by atoms with Crippen molar-refractivity contribution in [3.8, 4) is 0 Å². The Bertz CT molecular complexity index is 259. The van der Waals surface area contributed by atoms with E-state index in [0.29, 0.717) is 5.37 Å². The molecule has 0 bridgehead atoms. The average molecular weight is 165 g/mol. The molecule has 0 spiro atoms. The molecule has 1 heterocycles. The molecule has 11 heavy (non-hydrogen) atoms. The zero-order valence-electron chi connectivity index (χ0n) is 6.50. The Labute approximate surface area is 71.2 Å². The number of rotatable bonds is 0. The van der Waals surface area contributed by atoms with Gasteiger partial charge in [-0.3, -0.25) is 0 Å². The molecule has 0 aromatic heterocycles. The van der Waals surface area contributed by atoms with Gasteiger partial charge < -0.3 is 5.32 Å². The maximum Gasteiger partial charge on any atom is 0.0697 e. The second kappa shape index (κ2) is 2.78. The van der Waals surface area contributed by atoms with Crippen molar-refractivity contribution in [3.05, 3.63) is 29.8 Å². The summed E-state index contributed by atoms with van der Waals surface area (Å²) in [6.45, 7) is 2.20. The number of hydrogen-bond acceptors (Lipinski definition) is 2. The summed E-state index contributed by atoms with van der Waals surface area (Å²) in [5.74, 6) is 1.14. The van der Waals surface area contributed by atoms with Crippen molar-refractivity contribution in [2.75, 3.05) is 5.32 Å². The van der Waals surface area contributed by atoms with E-state index in [2.05, 4.69) is 36.5 Å². The van der Waals surface area contributed by atoms with Crippen molar-refractivity contribution in [2.24, 2.45) is 0 Å². The van der Waals surface area contributed by atoms with Gasteiger partial charge in [-0.2, -0.15) is 0 Å². The number of fused-ring (bicyclic) bond motifs is 1. The Morgan fingerprint density at radius 3 is 3.18 bits per heavy atom. The predicted octanol–water partition coefficient (Wildman–Crippen LogP) is 2.69. The van der Waals surface area contributed by atoms with Crippen molar-refractivity contribution in [1.82, 2.24) is 0 Å². The molecule has 0 fully saturated rings. The van der Waals surface area contributed by atoms with Crippen molar-refractivity contribution in [1.29, 1.82) is 0 Å². The van der Waals surface area contributed by atoms with Crippen LogP contribution in [0.15, 0.2) is 24.3 Å². The van der Waals surface area contributed by atoms with Gasteiger partial charge in [-0.15, -0.1) is 11.8 Å². The Morgan fingerprint density at radius 1 is 1.45 bits per heavy atom. The molecule has 0 aliphatic carbocycles. The fourth-order valence-corrected chi connectivity index (χ4v) is 2.15. The quantitative estimate of drug-likeness (QED) is 0.634. The van der Waals surface area contributed by atoms with Crippen molar-refractivity contribution < 1.29 is 0 Å². The van der Waals surface area contributed by atoms with Gasteiger partial charge in [0, 0.05) is 11.4 Å². The molecule has 0 saturated heterocycles. The summed E-state index contributed by atoms with van der Waals surface area (Å²) in [6, 6.07) is 8.50. The predicted molar refractivity (Wildman–Crippen MR) is 50.8 cm³/mol. The molecule has 58 valence electrons. The summed E-state index contributed by atoms with van der Waals surface area (Å²) >= 11 is 1.95. The van der Waals surface area contributed by atoms with Gasteiger partial charge in [0.15, 0.2) is 0 Å². The fraction of sp³-hybridized carbons (Fsp3) is 0.333. The van der Waals surface area contributed by atoms with E-state index in [1.165, 1.54) is 11.3 Å². The molecule has 2 heteroatoms. The zero-order valence-corrected chi connectivity index (χ0v) is 7.32. The summed E-state index contributed by atoms with van der Waals surface area (Å²) < 4.78 is 0. The summed E-state index contributed by atoms with van der Waals surface area (Å²) in [6.07, 6.45) is 0. The van der Waals surface area contributed by atoms with Crippen LogP contribution in [-0.4, -0.2) is 5.37 Å². The molecule has 1 atom stereocenters. The first-order chi connectivity index (χ1) is 5.36. The van der Waals surface area contributed by atoms with Crippen LogP contribution in [0.4, 0.5) is 5.69 Å². The third kappa shape index (κ3) is 1.36. The lowest BCUT2D eigenvalue weighted by atomic mass is 10.2. The van der Waals surface area contributed by atoms with Gasteiger partial charge in [0.1, 0.15) is 0 Å². The number of para-hydroxylation sites is 1. The number of anilines is 1. The number of thioether (sulfide) groups is 1. The van der Waals surface area contributed by atoms with Gasteiger partial charge in [0.2, 0.25) is 0 Å². The minimum atomic E-state index is 0.560. The van der Waals surface area contributed by atoms with Crippen LogP contribution < -0.4 is 5.32 Å². The normalized spacial score (nSPS) is 22.1. The molecule has 1 aliphatic rings. The van der Waals surface area contributed by atoms with Gasteiger partial charge >= 0.3 is 0 Å². The Kier molecular flexibility index (Phi) is 1.78. The minimum absolute atomic E-state index is 0.560. The molecule has 1 aromatic carbocycles. The number of nitrogens with one attached hydrogen (secondary N) is 1. The minimum Gasteiger partial charge on any atom is -0.373 e. The smallest absolute Gasteiger partial charge is 0.0697 e. The standard InChI is InChI=1S/C9H11NS/c1-7-10-9-5-3-2-4-8(9)6-11-7/h2-5,7,10H,6H2,1H3. The maximum atomic E-state index is 3.42. The van der Waals surface area contributed by atoms with E-state index < -0.39 is 0 Å². The largest absolute Gasteiger partial charge is 0.373 e. The third-order valence-corrected chi connectivity index (χ3v) is 2.96. The van der Waals surface area contributed by atoms with Crippen LogP contribution in [0.5, 0.6) is 0 Å². The van der Waals surface area contributed by atoms with Crippen LogP contribution in [0.2, 0.25) is 0 Å². The molecule has 1 aromatic rings. The fourth-order valence-electron chi connectivity index (χ4n) is 1.26. The van der Waals surface area contributed by atoms with Crippen LogP contribution in [0.3, 0.4) is 0 Å². The molecule has 0 radical (unpaired) electrons. The van der Waals surface area contributed by atoms with Crippen LogP contribution in [0.1, 0.15) is 12.5 Å². The molecular weight excluding hydrogens is 154 g/mol. The molecule has 1 N–H and O–H groups in total. The van der Waals surface area contributed by atoms with Crippen LogP contribution in [-0.2, 0) is 5.75 Å². The highest BCUT2D eigenvalue weighted by atomic mass is 32.2. The van der Waals surface area contributed by atoms with Crippen LogP contribution in [0, 0.1) is 0 Å². The first-order valence-corrected chi connectivity index (χ1v) is 4.87. The van der Waals surface area contributed by atoms with Crippen LogP contribution >= 0.6 is 11.8 Å². The van der Waals surface area contributed by atoms with Crippen molar-refractivity contribution in [3.63, 3.8) is 0 Å². The molecule has 2 rings (SSSR count). The van der Waals surface area contributed by atoms with Gasteiger partial charge in [0.05, 0.1) is 5.37 Å². The maximum absolute atomic E-state index is 3.42. The molecule has 0 saturated carbocycles. The lowest BCUT2D eigenvalue weighted by molar-refractivity contribution is 1.09. The summed E-state index contributed by atoms with van der Waals surface area (Å²) in [5, 5.41) is 3.98. The van der Waals surface area contributed by atoms with E-state index in [1.54, 1.807) is 0 Å². The van der Waals surface area contributed by atoms with E-state index in [0.717, 1.165) is 5.75 Å². The van der Waals surface area contributed by atoms with E-state index in [9.17, 15) is 0 Å². The molecule has 0 amide bonds. The number of hydrogen-bond donors (Lipinski definition) is 1. The van der Waals surface area contributed by atoms with Gasteiger partial charge in [-0.1, -0.05) is 18.2 Å². The summed E-state index contributed by atoms with van der Waals surface area (Å²) in [5.41, 5.74) is 2.73. The van der Waals surface area contributed by atoms with Gasteiger partial charge in [-0.25, -0.2) is 0 Å². The lowest BCUT2D eigenvalue weighted by Crippen LogP contribution is -2.16. The van der Waals surface area contributed by atoms with E-state index in [1.807, 2.05) is 11.8 Å². The van der Waals surface area contributed by atoms with Gasteiger partial charge in [-0.05, 0) is 18.6 Å². The van der Waals surface area contributed by atoms with E-state index in [-0.39, 0.29) is 0 Å². The molecule has 1 unspecified atom stereocenters. The highest BCUT2D eigenvalue weighted by Gasteiger charge is 2.12. The third-order valence-electron chi connectivity index (χ3n) is 1.86. The van der Waals surface area contributed by atoms with E-state index in [4.69, 9.17) is 0 Å². The molecule has 1 nitrogen and oxygen atoms in total. The molecular formula is C9H11NS. The van der Waals surface area contributed by atoms with Crippen molar-refractivity contribution >= 4 is 17.4 Å². The average Bonchev–Trinajstić information content (AvgIpc) is 2.04.